The fraction of sp³-hybridized carbons (Fsp3) is 0.400. The van der Waals surface area contributed by atoms with Crippen molar-refractivity contribution in [1.82, 2.24) is 4.31 Å². The highest BCUT2D eigenvalue weighted by Crippen LogP contribution is 2.16. The van der Waals surface area contributed by atoms with E-state index in [4.69, 9.17) is 10.0 Å². The molecule has 0 unspecified atom stereocenters. The van der Waals surface area contributed by atoms with Gasteiger partial charge in [-0.2, -0.15) is 4.31 Å². The molecule has 1 saturated heterocycles. The Bertz CT molecular complexity index is 486. The van der Waals surface area contributed by atoms with Crippen LogP contribution in [0.3, 0.4) is 0 Å². The third kappa shape index (κ3) is 2.87. The van der Waals surface area contributed by atoms with Crippen LogP contribution in [0.15, 0.2) is 24.3 Å². The summed E-state index contributed by atoms with van der Waals surface area (Å²) in [5, 5.41) is 17.9. The van der Waals surface area contributed by atoms with Crippen molar-refractivity contribution < 1.29 is 18.5 Å². The molecule has 5 nitrogen and oxygen atoms in total. The van der Waals surface area contributed by atoms with Crippen molar-refractivity contribution in [3.8, 4) is 0 Å². The van der Waals surface area contributed by atoms with Gasteiger partial charge in [-0.05, 0) is 17.4 Å². The summed E-state index contributed by atoms with van der Waals surface area (Å²) in [4.78, 5) is 0. The van der Waals surface area contributed by atoms with Gasteiger partial charge in [-0.15, -0.1) is 0 Å². The van der Waals surface area contributed by atoms with Crippen LogP contribution >= 0.6 is 0 Å². The highest BCUT2D eigenvalue weighted by molar-refractivity contribution is 7.89. The summed E-state index contributed by atoms with van der Waals surface area (Å²) < 4.78 is 24.6. The minimum absolute atomic E-state index is 0.223. The molecular weight excluding hydrogens is 241 g/mol. The van der Waals surface area contributed by atoms with E-state index in [0.717, 1.165) is 5.56 Å². The lowest BCUT2D eigenvalue weighted by atomic mass is 9.80. The number of rotatable bonds is 3. The first-order chi connectivity index (χ1) is 7.99. The summed E-state index contributed by atoms with van der Waals surface area (Å²) >= 11 is 0. The lowest BCUT2D eigenvalue weighted by Crippen LogP contribution is -2.30. The Morgan fingerprint density at radius 3 is 2.35 bits per heavy atom. The predicted molar refractivity (Wildman–Crippen MR) is 65.1 cm³/mol. The molecule has 0 aliphatic carbocycles. The van der Waals surface area contributed by atoms with Crippen LogP contribution in [-0.2, 0) is 16.6 Å². The van der Waals surface area contributed by atoms with Gasteiger partial charge in [0, 0.05) is 13.1 Å². The van der Waals surface area contributed by atoms with Crippen LogP contribution in [0, 0.1) is 0 Å². The van der Waals surface area contributed by atoms with E-state index in [0.29, 0.717) is 25.0 Å². The van der Waals surface area contributed by atoms with Crippen LogP contribution in [0.5, 0.6) is 0 Å². The van der Waals surface area contributed by atoms with E-state index >= 15 is 0 Å². The second kappa shape index (κ2) is 4.77. The standard InChI is InChI=1S/C10H14BNO4S/c13-11(14)10-4-2-9(3-5-10)8-12-6-1-7-17(12,15)16/h2-5,13-14H,1,6-8H2. The molecule has 1 aliphatic rings. The molecule has 0 amide bonds. The van der Waals surface area contributed by atoms with Gasteiger partial charge in [0.1, 0.15) is 0 Å². The molecule has 1 aromatic carbocycles. The first-order valence-corrected chi connectivity index (χ1v) is 7.03. The molecule has 2 N–H and O–H groups in total. The third-order valence-corrected chi connectivity index (χ3v) is 4.74. The average molecular weight is 255 g/mol. The van der Waals surface area contributed by atoms with E-state index in [1.54, 1.807) is 24.3 Å². The minimum Gasteiger partial charge on any atom is -0.423 e. The summed E-state index contributed by atoms with van der Waals surface area (Å²) in [6.45, 7) is 0.914. The van der Waals surface area contributed by atoms with Gasteiger partial charge in [0.25, 0.3) is 0 Å². The van der Waals surface area contributed by atoms with Gasteiger partial charge in [0.15, 0.2) is 0 Å². The van der Waals surface area contributed by atoms with Gasteiger partial charge >= 0.3 is 7.12 Å². The van der Waals surface area contributed by atoms with E-state index in [-0.39, 0.29) is 5.75 Å². The molecule has 0 atom stereocenters. The van der Waals surface area contributed by atoms with Crippen LogP contribution in [0.25, 0.3) is 0 Å². The van der Waals surface area contributed by atoms with E-state index < -0.39 is 17.1 Å². The highest BCUT2D eigenvalue weighted by Gasteiger charge is 2.27. The predicted octanol–water partition coefficient (Wildman–Crippen LogP) is -1.10. The molecule has 0 bridgehead atoms. The first kappa shape index (κ1) is 12.6. The van der Waals surface area contributed by atoms with Crippen molar-refractivity contribution in [1.29, 1.82) is 0 Å². The van der Waals surface area contributed by atoms with Crippen molar-refractivity contribution in [2.45, 2.75) is 13.0 Å². The summed E-state index contributed by atoms with van der Waals surface area (Å²) in [6.07, 6.45) is 0.676. The monoisotopic (exact) mass is 255 g/mol. The van der Waals surface area contributed by atoms with Gasteiger partial charge in [0.2, 0.25) is 10.0 Å². The third-order valence-electron chi connectivity index (χ3n) is 2.84. The summed E-state index contributed by atoms with van der Waals surface area (Å²) in [6, 6.07) is 6.59. The highest BCUT2D eigenvalue weighted by atomic mass is 32.2. The van der Waals surface area contributed by atoms with Crippen LogP contribution in [0.1, 0.15) is 12.0 Å². The topological polar surface area (TPSA) is 77.8 Å². The molecule has 1 aliphatic heterocycles. The maximum atomic E-state index is 11.6. The zero-order chi connectivity index (χ0) is 12.5. The van der Waals surface area contributed by atoms with Crippen molar-refractivity contribution in [3.63, 3.8) is 0 Å². The zero-order valence-electron chi connectivity index (χ0n) is 9.28. The number of nitrogens with zero attached hydrogens (tertiary/aromatic N) is 1. The molecule has 2 rings (SSSR count). The Morgan fingerprint density at radius 1 is 1.24 bits per heavy atom. The zero-order valence-corrected chi connectivity index (χ0v) is 10.1. The number of benzene rings is 1. The summed E-state index contributed by atoms with van der Waals surface area (Å²) in [5.74, 6) is 0.223. The van der Waals surface area contributed by atoms with Crippen molar-refractivity contribution in [2.75, 3.05) is 12.3 Å². The maximum Gasteiger partial charge on any atom is 0.488 e. The fourth-order valence-corrected chi connectivity index (χ4v) is 3.37. The average Bonchev–Trinajstić information content (AvgIpc) is 2.59. The van der Waals surface area contributed by atoms with Crippen LogP contribution in [-0.4, -0.2) is 42.2 Å². The quantitative estimate of drug-likeness (QED) is 0.672. The molecule has 0 aromatic heterocycles. The maximum absolute atomic E-state index is 11.6. The molecule has 0 saturated carbocycles. The normalized spacial score (nSPS) is 19.4. The Hall–Kier alpha value is -0.885. The van der Waals surface area contributed by atoms with Crippen molar-refractivity contribution in [2.24, 2.45) is 0 Å². The Labute approximate surface area is 101 Å². The second-order valence-corrected chi connectivity index (χ2v) is 6.21. The lowest BCUT2D eigenvalue weighted by Gasteiger charge is -2.14. The van der Waals surface area contributed by atoms with Gasteiger partial charge in [-0.1, -0.05) is 24.3 Å². The Balaban J connectivity index is 2.09. The molecule has 17 heavy (non-hydrogen) atoms. The lowest BCUT2D eigenvalue weighted by molar-refractivity contribution is 0.425. The molecule has 92 valence electrons. The minimum atomic E-state index is -3.08. The number of sulfonamides is 1. The molecule has 1 fully saturated rings. The largest absolute Gasteiger partial charge is 0.488 e. The summed E-state index contributed by atoms with van der Waals surface area (Å²) in [5.41, 5.74) is 1.25. The number of hydrogen-bond acceptors (Lipinski definition) is 4. The molecule has 1 heterocycles. The number of hydrogen-bond donors (Lipinski definition) is 2. The van der Waals surface area contributed by atoms with Crippen molar-refractivity contribution in [3.05, 3.63) is 29.8 Å². The Morgan fingerprint density at radius 2 is 1.88 bits per heavy atom. The second-order valence-electron chi connectivity index (χ2n) is 4.12. The van der Waals surface area contributed by atoms with Crippen LogP contribution in [0.2, 0.25) is 0 Å². The molecule has 1 aromatic rings. The molecule has 0 radical (unpaired) electrons. The van der Waals surface area contributed by atoms with E-state index in [2.05, 4.69) is 0 Å². The Kier molecular flexibility index (Phi) is 3.53. The van der Waals surface area contributed by atoms with Crippen molar-refractivity contribution >= 4 is 22.6 Å². The molecule has 7 heteroatoms. The van der Waals surface area contributed by atoms with E-state index in [9.17, 15) is 8.42 Å². The van der Waals surface area contributed by atoms with E-state index in [1.165, 1.54) is 4.31 Å². The smallest absolute Gasteiger partial charge is 0.423 e. The molecule has 0 spiro atoms. The van der Waals surface area contributed by atoms with Gasteiger partial charge in [0.05, 0.1) is 5.75 Å². The van der Waals surface area contributed by atoms with Gasteiger partial charge < -0.3 is 10.0 Å². The molecular formula is C10H14BNO4S. The van der Waals surface area contributed by atoms with Gasteiger partial charge in [-0.3, -0.25) is 0 Å². The fourth-order valence-electron chi connectivity index (χ4n) is 1.87. The van der Waals surface area contributed by atoms with Crippen LogP contribution < -0.4 is 5.46 Å². The summed E-state index contributed by atoms with van der Waals surface area (Å²) in [7, 11) is -4.56. The van der Waals surface area contributed by atoms with Gasteiger partial charge in [-0.25, -0.2) is 8.42 Å². The SMILES string of the molecule is O=S1(=O)CCCN1Cc1ccc(B(O)O)cc1. The first-order valence-electron chi connectivity index (χ1n) is 5.42. The van der Waals surface area contributed by atoms with Crippen LogP contribution in [0.4, 0.5) is 0 Å². The van der Waals surface area contributed by atoms with E-state index in [1.807, 2.05) is 0 Å².